The van der Waals surface area contributed by atoms with E-state index in [1.54, 1.807) is 6.07 Å². The number of amides is 1. The Kier molecular flexibility index (Phi) is 5.76. The van der Waals surface area contributed by atoms with Gasteiger partial charge in [0, 0.05) is 30.1 Å². The van der Waals surface area contributed by atoms with Crippen molar-refractivity contribution in [1.82, 2.24) is 10.2 Å². The summed E-state index contributed by atoms with van der Waals surface area (Å²) in [6.45, 7) is 7.51. The van der Waals surface area contributed by atoms with Gasteiger partial charge >= 0.3 is 0 Å². The number of nitrogens with one attached hydrogen (secondary N) is 1. The van der Waals surface area contributed by atoms with Crippen LogP contribution in [0.2, 0.25) is 0 Å². The van der Waals surface area contributed by atoms with Crippen LogP contribution in [-0.4, -0.2) is 36.5 Å². The summed E-state index contributed by atoms with van der Waals surface area (Å²) in [5.74, 6) is -0.144. The zero-order chi connectivity index (χ0) is 15.4. The molecule has 1 N–H and O–H groups in total. The van der Waals surface area contributed by atoms with E-state index in [2.05, 4.69) is 40.0 Å². The second-order valence-corrected chi connectivity index (χ2v) is 6.98. The summed E-state index contributed by atoms with van der Waals surface area (Å²) in [4.78, 5) is 14.5. The van der Waals surface area contributed by atoms with E-state index in [0.717, 1.165) is 32.5 Å². The van der Waals surface area contributed by atoms with Crippen LogP contribution in [0.1, 0.15) is 37.0 Å². The average molecular weight is 357 g/mol. The minimum atomic E-state index is -0.487. The van der Waals surface area contributed by atoms with E-state index in [-0.39, 0.29) is 17.5 Å². The number of piperidine rings is 1. The van der Waals surface area contributed by atoms with Gasteiger partial charge in [-0.3, -0.25) is 4.79 Å². The molecule has 1 aliphatic rings. The molecule has 2 rings (SSSR count). The fraction of sp³-hybridized carbons (Fsp3) is 0.562. The Balaban J connectivity index is 1.87. The van der Waals surface area contributed by atoms with Crippen molar-refractivity contribution in [1.29, 1.82) is 0 Å². The maximum atomic E-state index is 13.8. The van der Waals surface area contributed by atoms with Gasteiger partial charge in [-0.25, -0.2) is 4.39 Å². The van der Waals surface area contributed by atoms with Gasteiger partial charge in [-0.15, -0.1) is 0 Å². The van der Waals surface area contributed by atoms with Gasteiger partial charge in [0.1, 0.15) is 5.82 Å². The molecule has 0 saturated carbocycles. The first-order chi connectivity index (χ1) is 9.95. The maximum Gasteiger partial charge on any atom is 0.254 e. The number of hydrogen-bond donors (Lipinski definition) is 1. The van der Waals surface area contributed by atoms with Gasteiger partial charge < -0.3 is 10.2 Å². The van der Waals surface area contributed by atoms with Crippen LogP contribution in [0.15, 0.2) is 22.7 Å². The van der Waals surface area contributed by atoms with Crippen LogP contribution < -0.4 is 5.32 Å². The molecule has 1 heterocycles. The molecule has 0 spiro atoms. The van der Waals surface area contributed by atoms with Gasteiger partial charge in [0.05, 0.1) is 5.56 Å². The zero-order valence-corrected chi connectivity index (χ0v) is 14.1. The number of hydrogen-bond acceptors (Lipinski definition) is 2. The molecule has 0 atom stereocenters. The third-order valence-electron chi connectivity index (χ3n) is 3.72. The molecule has 0 radical (unpaired) electrons. The van der Waals surface area contributed by atoms with Crippen LogP contribution in [0, 0.1) is 11.7 Å². The lowest BCUT2D eigenvalue weighted by Crippen LogP contribution is -2.45. The van der Waals surface area contributed by atoms with Gasteiger partial charge in [-0.2, -0.15) is 0 Å². The predicted molar refractivity (Wildman–Crippen MR) is 85.9 cm³/mol. The molecule has 1 aromatic rings. The van der Waals surface area contributed by atoms with E-state index < -0.39 is 5.82 Å². The summed E-state index contributed by atoms with van der Waals surface area (Å²) < 4.78 is 14.4. The number of nitrogens with zero attached hydrogens (tertiary/aromatic N) is 1. The van der Waals surface area contributed by atoms with Crippen molar-refractivity contribution in [2.45, 2.75) is 32.7 Å². The molecule has 1 fully saturated rings. The minimum Gasteiger partial charge on any atom is -0.349 e. The normalized spacial score (nSPS) is 17.2. The summed E-state index contributed by atoms with van der Waals surface area (Å²) in [6.07, 6.45) is 1.85. The Labute approximate surface area is 134 Å². The Morgan fingerprint density at radius 1 is 1.43 bits per heavy atom. The largest absolute Gasteiger partial charge is 0.349 e. The number of carbonyl (C=O) groups is 1. The van der Waals surface area contributed by atoms with Crippen LogP contribution in [-0.2, 0) is 0 Å². The fourth-order valence-corrected chi connectivity index (χ4v) is 3.05. The summed E-state index contributed by atoms with van der Waals surface area (Å²) in [7, 11) is 0. The molecule has 5 heteroatoms. The Bertz CT molecular complexity index is 499. The molecule has 0 aromatic heterocycles. The highest BCUT2D eigenvalue weighted by molar-refractivity contribution is 9.10. The van der Waals surface area contributed by atoms with Gasteiger partial charge in [0.2, 0.25) is 0 Å². The summed E-state index contributed by atoms with van der Waals surface area (Å²) in [5.41, 5.74) is 0.114. The van der Waals surface area contributed by atoms with Crippen LogP contribution in [0.4, 0.5) is 4.39 Å². The van der Waals surface area contributed by atoms with Gasteiger partial charge in [0.15, 0.2) is 0 Å². The highest BCUT2D eigenvalue weighted by Gasteiger charge is 2.22. The van der Waals surface area contributed by atoms with E-state index in [9.17, 15) is 9.18 Å². The molecule has 3 nitrogen and oxygen atoms in total. The van der Waals surface area contributed by atoms with Gasteiger partial charge in [0.25, 0.3) is 5.91 Å². The number of benzene rings is 1. The van der Waals surface area contributed by atoms with Crippen molar-refractivity contribution >= 4 is 21.8 Å². The topological polar surface area (TPSA) is 32.3 Å². The Morgan fingerprint density at radius 3 is 2.67 bits per heavy atom. The first-order valence-corrected chi connectivity index (χ1v) is 8.23. The van der Waals surface area contributed by atoms with Gasteiger partial charge in [-0.1, -0.05) is 29.8 Å². The van der Waals surface area contributed by atoms with Crippen molar-refractivity contribution in [3.8, 4) is 0 Å². The second kappa shape index (κ2) is 7.36. The number of carbonyl (C=O) groups excluding carboxylic acids is 1. The SMILES string of the molecule is CC(C)CN1CCC(NC(=O)c2ccc(Br)cc2F)CC1. The predicted octanol–water partition coefficient (Wildman–Crippen LogP) is 3.44. The third kappa shape index (κ3) is 4.78. The third-order valence-corrected chi connectivity index (χ3v) is 4.22. The minimum absolute atomic E-state index is 0.114. The van der Waals surface area contributed by atoms with Crippen molar-refractivity contribution in [2.75, 3.05) is 19.6 Å². The Morgan fingerprint density at radius 2 is 2.10 bits per heavy atom. The Hall–Kier alpha value is -0.940. The lowest BCUT2D eigenvalue weighted by Gasteiger charge is -2.33. The smallest absolute Gasteiger partial charge is 0.254 e. The van der Waals surface area contributed by atoms with E-state index in [1.165, 1.54) is 12.1 Å². The maximum absolute atomic E-state index is 13.8. The fourth-order valence-electron chi connectivity index (χ4n) is 2.71. The lowest BCUT2D eigenvalue weighted by molar-refractivity contribution is 0.0903. The van der Waals surface area contributed by atoms with Crippen molar-refractivity contribution in [3.63, 3.8) is 0 Å². The standard InChI is InChI=1S/C16H22BrFN2O/c1-11(2)10-20-7-5-13(6-8-20)19-16(21)14-4-3-12(17)9-15(14)18/h3-4,9,11,13H,5-8,10H2,1-2H3,(H,19,21). The number of halogens is 2. The molecular formula is C16H22BrFN2O. The molecule has 1 saturated heterocycles. The summed E-state index contributed by atoms with van der Waals surface area (Å²) in [5, 5.41) is 2.95. The average Bonchev–Trinajstić information content (AvgIpc) is 2.40. The molecule has 116 valence electrons. The van der Waals surface area contributed by atoms with Crippen molar-refractivity contribution in [2.24, 2.45) is 5.92 Å². The highest BCUT2D eigenvalue weighted by atomic mass is 79.9. The van der Waals surface area contributed by atoms with Crippen molar-refractivity contribution < 1.29 is 9.18 Å². The van der Waals surface area contributed by atoms with E-state index in [4.69, 9.17) is 0 Å². The van der Waals surface area contributed by atoms with Crippen LogP contribution in [0.3, 0.4) is 0 Å². The molecule has 0 aliphatic carbocycles. The van der Waals surface area contributed by atoms with Gasteiger partial charge in [-0.05, 0) is 37.0 Å². The van der Waals surface area contributed by atoms with Crippen LogP contribution >= 0.6 is 15.9 Å². The van der Waals surface area contributed by atoms with Crippen LogP contribution in [0.5, 0.6) is 0 Å². The first kappa shape index (κ1) is 16.4. The summed E-state index contributed by atoms with van der Waals surface area (Å²) >= 11 is 3.19. The molecule has 21 heavy (non-hydrogen) atoms. The second-order valence-electron chi connectivity index (χ2n) is 6.07. The number of rotatable bonds is 4. The lowest BCUT2D eigenvalue weighted by atomic mass is 10.0. The molecule has 0 bridgehead atoms. The zero-order valence-electron chi connectivity index (χ0n) is 12.5. The molecule has 1 amide bonds. The van der Waals surface area contributed by atoms with E-state index in [1.807, 2.05) is 0 Å². The van der Waals surface area contributed by atoms with Crippen molar-refractivity contribution in [3.05, 3.63) is 34.1 Å². The molecule has 1 aromatic carbocycles. The number of likely N-dealkylation sites (tertiary alicyclic amines) is 1. The molecule has 0 unspecified atom stereocenters. The van der Waals surface area contributed by atoms with Crippen LogP contribution in [0.25, 0.3) is 0 Å². The summed E-state index contributed by atoms with van der Waals surface area (Å²) in [6, 6.07) is 4.66. The van der Waals surface area contributed by atoms with E-state index in [0.29, 0.717) is 10.4 Å². The molecular weight excluding hydrogens is 335 g/mol. The first-order valence-electron chi connectivity index (χ1n) is 7.44. The molecule has 1 aliphatic heterocycles. The van der Waals surface area contributed by atoms with E-state index >= 15 is 0 Å². The highest BCUT2D eigenvalue weighted by Crippen LogP contribution is 2.17. The monoisotopic (exact) mass is 356 g/mol. The quantitative estimate of drug-likeness (QED) is 0.895.